The first-order valence-electron chi connectivity index (χ1n) is 7.98. The van der Waals surface area contributed by atoms with Gasteiger partial charge in [0.1, 0.15) is 18.1 Å². The van der Waals surface area contributed by atoms with Crippen molar-refractivity contribution in [3.05, 3.63) is 59.7 Å². The molecule has 0 unspecified atom stereocenters. The Kier molecular flexibility index (Phi) is 6.95. The van der Waals surface area contributed by atoms with Crippen LogP contribution in [-0.4, -0.2) is 33.3 Å². The third-order valence-corrected chi connectivity index (χ3v) is 3.53. The summed E-state index contributed by atoms with van der Waals surface area (Å²) in [5.74, 6) is 2.40. The Labute approximate surface area is 143 Å². The van der Waals surface area contributed by atoms with Gasteiger partial charge in [0.15, 0.2) is 5.96 Å². The number of methoxy groups -OCH3 is 1. The highest BCUT2D eigenvalue weighted by Gasteiger charge is 1.99. The number of guanidine groups is 1. The summed E-state index contributed by atoms with van der Waals surface area (Å²) >= 11 is 0. The Morgan fingerprint density at radius 1 is 0.958 bits per heavy atom. The number of hydrogen-bond acceptors (Lipinski definition) is 3. The third-order valence-electron chi connectivity index (χ3n) is 3.53. The number of nitrogens with one attached hydrogen (secondary N) is 2. The highest BCUT2D eigenvalue weighted by Crippen LogP contribution is 2.16. The molecule has 24 heavy (non-hydrogen) atoms. The van der Waals surface area contributed by atoms with Gasteiger partial charge < -0.3 is 20.1 Å². The Morgan fingerprint density at radius 2 is 1.62 bits per heavy atom. The van der Waals surface area contributed by atoms with Crippen molar-refractivity contribution in [3.8, 4) is 11.5 Å². The van der Waals surface area contributed by atoms with Gasteiger partial charge in [-0.25, -0.2) is 0 Å². The molecule has 0 radical (unpaired) electrons. The fraction of sp³-hybridized carbons (Fsp3) is 0.316. The second kappa shape index (κ2) is 9.45. The lowest BCUT2D eigenvalue weighted by atomic mass is 10.1. The van der Waals surface area contributed by atoms with Crippen LogP contribution in [0.4, 0.5) is 0 Å². The van der Waals surface area contributed by atoms with E-state index in [-0.39, 0.29) is 0 Å². The van der Waals surface area contributed by atoms with E-state index in [0.29, 0.717) is 13.2 Å². The average Bonchev–Trinajstić information content (AvgIpc) is 2.63. The molecule has 0 aliphatic heterocycles. The summed E-state index contributed by atoms with van der Waals surface area (Å²) < 4.78 is 10.8. The molecule has 128 valence electrons. The van der Waals surface area contributed by atoms with Crippen molar-refractivity contribution < 1.29 is 9.47 Å². The van der Waals surface area contributed by atoms with Gasteiger partial charge in [-0.3, -0.25) is 4.99 Å². The number of aliphatic imine (C=N–C) groups is 1. The van der Waals surface area contributed by atoms with Gasteiger partial charge in [-0.2, -0.15) is 0 Å². The minimum atomic E-state index is 0.553. The summed E-state index contributed by atoms with van der Waals surface area (Å²) in [4.78, 5) is 4.21. The summed E-state index contributed by atoms with van der Waals surface area (Å²) in [6.07, 6.45) is 0. The molecule has 2 aromatic carbocycles. The van der Waals surface area contributed by atoms with Gasteiger partial charge in [-0.15, -0.1) is 0 Å². The molecule has 0 aromatic heterocycles. The zero-order chi connectivity index (χ0) is 17.2. The standard InChI is InChI=1S/C19H25N3O2/c1-15-4-6-16(7-5-15)14-22-19(20-2)21-12-13-24-18-10-8-17(23-3)9-11-18/h4-11H,12-14H2,1-3H3,(H2,20,21,22). The SMILES string of the molecule is CN=C(NCCOc1ccc(OC)cc1)NCc1ccc(C)cc1. The van der Waals surface area contributed by atoms with Crippen LogP contribution < -0.4 is 20.1 Å². The van der Waals surface area contributed by atoms with Crippen LogP contribution in [0.1, 0.15) is 11.1 Å². The van der Waals surface area contributed by atoms with Crippen molar-refractivity contribution in [2.24, 2.45) is 4.99 Å². The van der Waals surface area contributed by atoms with Crippen molar-refractivity contribution >= 4 is 5.96 Å². The van der Waals surface area contributed by atoms with Gasteiger partial charge in [-0.1, -0.05) is 29.8 Å². The summed E-state index contributed by atoms with van der Waals surface area (Å²) in [6.45, 7) is 4.04. The maximum Gasteiger partial charge on any atom is 0.191 e. The van der Waals surface area contributed by atoms with Crippen molar-refractivity contribution in [2.75, 3.05) is 27.3 Å². The van der Waals surface area contributed by atoms with Crippen molar-refractivity contribution in [2.45, 2.75) is 13.5 Å². The van der Waals surface area contributed by atoms with Crippen molar-refractivity contribution in [3.63, 3.8) is 0 Å². The molecule has 0 atom stereocenters. The van der Waals surface area contributed by atoms with Gasteiger partial charge >= 0.3 is 0 Å². The largest absolute Gasteiger partial charge is 0.497 e. The smallest absolute Gasteiger partial charge is 0.191 e. The highest BCUT2D eigenvalue weighted by molar-refractivity contribution is 5.79. The van der Waals surface area contributed by atoms with Gasteiger partial charge in [-0.05, 0) is 36.8 Å². The number of ether oxygens (including phenoxy) is 2. The molecule has 2 aromatic rings. The van der Waals surface area contributed by atoms with E-state index in [9.17, 15) is 0 Å². The van der Waals surface area contributed by atoms with E-state index in [4.69, 9.17) is 9.47 Å². The summed E-state index contributed by atoms with van der Waals surface area (Å²) in [7, 11) is 3.41. The highest BCUT2D eigenvalue weighted by atomic mass is 16.5. The molecule has 0 saturated carbocycles. The molecule has 2 N–H and O–H groups in total. The number of nitrogens with zero attached hydrogens (tertiary/aromatic N) is 1. The molecule has 5 heteroatoms. The Bertz CT molecular complexity index is 637. The van der Waals surface area contributed by atoms with Gasteiger partial charge in [0.05, 0.1) is 13.7 Å². The molecule has 5 nitrogen and oxygen atoms in total. The molecule has 0 amide bonds. The van der Waals surface area contributed by atoms with Crippen molar-refractivity contribution in [1.82, 2.24) is 10.6 Å². The zero-order valence-corrected chi connectivity index (χ0v) is 14.5. The Morgan fingerprint density at radius 3 is 2.25 bits per heavy atom. The molecule has 0 spiro atoms. The van der Waals surface area contributed by atoms with Crippen LogP contribution in [-0.2, 0) is 6.54 Å². The van der Waals surface area contributed by atoms with Gasteiger partial charge in [0, 0.05) is 13.6 Å². The zero-order valence-electron chi connectivity index (χ0n) is 14.5. The first-order valence-corrected chi connectivity index (χ1v) is 7.98. The van der Waals surface area contributed by atoms with E-state index in [1.807, 2.05) is 24.3 Å². The van der Waals surface area contributed by atoms with Crippen LogP contribution >= 0.6 is 0 Å². The molecule has 0 aliphatic rings. The number of hydrogen-bond donors (Lipinski definition) is 2. The van der Waals surface area contributed by atoms with Crippen LogP contribution in [0.15, 0.2) is 53.5 Å². The maximum atomic E-state index is 5.68. The molecule has 0 saturated heterocycles. The van der Waals surface area contributed by atoms with Crippen LogP contribution in [0.5, 0.6) is 11.5 Å². The number of benzene rings is 2. The van der Waals surface area contributed by atoms with Crippen LogP contribution in [0, 0.1) is 6.92 Å². The fourth-order valence-electron chi connectivity index (χ4n) is 2.12. The summed E-state index contributed by atoms with van der Waals surface area (Å²) in [6, 6.07) is 16.0. The van der Waals surface area contributed by atoms with E-state index >= 15 is 0 Å². The molecule has 0 bridgehead atoms. The quantitative estimate of drug-likeness (QED) is 0.466. The van der Waals surface area contributed by atoms with Crippen LogP contribution in [0.2, 0.25) is 0 Å². The lowest BCUT2D eigenvalue weighted by molar-refractivity contribution is 0.321. The van der Waals surface area contributed by atoms with E-state index in [0.717, 1.165) is 24.0 Å². The minimum absolute atomic E-state index is 0.553. The lowest BCUT2D eigenvalue weighted by Crippen LogP contribution is -2.38. The second-order valence-corrected chi connectivity index (χ2v) is 5.36. The van der Waals surface area contributed by atoms with Crippen molar-refractivity contribution in [1.29, 1.82) is 0 Å². The van der Waals surface area contributed by atoms with E-state index in [1.54, 1.807) is 14.2 Å². The maximum absolute atomic E-state index is 5.68. The van der Waals surface area contributed by atoms with E-state index < -0.39 is 0 Å². The topological polar surface area (TPSA) is 54.9 Å². The Balaban J connectivity index is 1.68. The molecular weight excluding hydrogens is 302 g/mol. The normalized spacial score (nSPS) is 11.0. The Hall–Kier alpha value is -2.69. The predicted molar refractivity (Wildman–Crippen MR) is 97.9 cm³/mol. The van der Waals surface area contributed by atoms with Gasteiger partial charge in [0.25, 0.3) is 0 Å². The fourth-order valence-corrected chi connectivity index (χ4v) is 2.12. The van der Waals surface area contributed by atoms with Crippen LogP contribution in [0.25, 0.3) is 0 Å². The molecule has 0 fully saturated rings. The van der Waals surface area contributed by atoms with E-state index in [1.165, 1.54) is 11.1 Å². The number of aryl methyl sites for hydroxylation is 1. The second-order valence-electron chi connectivity index (χ2n) is 5.36. The molecule has 0 aliphatic carbocycles. The molecule has 0 heterocycles. The average molecular weight is 327 g/mol. The lowest BCUT2D eigenvalue weighted by Gasteiger charge is -2.13. The number of rotatable bonds is 7. The monoisotopic (exact) mass is 327 g/mol. The predicted octanol–water partition coefficient (Wildman–Crippen LogP) is 2.75. The molecule has 2 rings (SSSR count). The first-order chi connectivity index (χ1) is 11.7. The summed E-state index contributed by atoms with van der Waals surface area (Å²) in [5.41, 5.74) is 2.48. The van der Waals surface area contributed by atoms with Gasteiger partial charge in [0.2, 0.25) is 0 Å². The van der Waals surface area contributed by atoms with E-state index in [2.05, 4.69) is 46.8 Å². The molecular formula is C19H25N3O2. The third kappa shape index (κ3) is 5.83. The van der Waals surface area contributed by atoms with Crippen LogP contribution in [0.3, 0.4) is 0 Å². The first kappa shape index (κ1) is 17.7. The summed E-state index contributed by atoms with van der Waals surface area (Å²) in [5, 5.41) is 6.52. The minimum Gasteiger partial charge on any atom is -0.497 e.